The lowest BCUT2D eigenvalue weighted by molar-refractivity contribution is -0.185. The fourth-order valence-electron chi connectivity index (χ4n) is 1.73. The van der Waals surface area contributed by atoms with Crippen LogP contribution in [0.1, 0.15) is 11.8 Å². The Labute approximate surface area is 111 Å². The fraction of sp³-hybridized carbons (Fsp3) is 0.600. The van der Waals surface area contributed by atoms with Crippen molar-refractivity contribution < 1.29 is 13.2 Å². The van der Waals surface area contributed by atoms with Crippen LogP contribution in [0.5, 0.6) is 0 Å². The Morgan fingerprint density at radius 2 is 2.12 bits per heavy atom. The molecule has 0 spiro atoms. The predicted molar refractivity (Wildman–Crippen MR) is 67.0 cm³/mol. The van der Waals surface area contributed by atoms with Gasteiger partial charge in [-0.1, -0.05) is 0 Å². The summed E-state index contributed by atoms with van der Waals surface area (Å²) in [5, 5.41) is 1.84. The smallest absolute Gasteiger partial charge is 0.326 e. The summed E-state index contributed by atoms with van der Waals surface area (Å²) in [6, 6.07) is -0.762. The molecule has 0 saturated heterocycles. The van der Waals surface area contributed by atoms with E-state index < -0.39 is 18.3 Å². The van der Waals surface area contributed by atoms with Crippen LogP contribution in [-0.4, -0.2) is 30.2 Å². The number of hydrogen-bond acceptors (Lipinski definition) is 3. The van der Waals surface area contributed by atoms with Gasteiger partial charge >= 0.3 is 6.18 Å². The molecule has 2 unspecified atom stereocenters. The number of nitrogens with zero attached hydrogens (tertiary/aromatic N) is 1. The van der Waals surface area contributed by atoms with Crippen LogP contribution in [0.4, 0.5) is 13.2 Å². The molecular weight excluding hydrogens is 317 g/mol. The summed E-state index contributed by atoms with van der Waals surface area (Å²) in [6.07, 6.45) is -4.31. The summed E-state index contributed by atoms with van der Waals surface area (Å²) >= 11 is 4.69. The monoisotopic (exact) mass is 330 g/mol. The highest BCUT2D eigenvalue weighted by atomic mass is 79.9. The van der Waals surface area contributed by atoms with Crippen LogP contribution >= 0.6 is 27.3 Å². The SMILES string of the molecule is CC(N)C(N(C)Cc1cc(Br)cs1)C(F)(F)F. The number of halogens is 4. The van der Waals surface area contributed by atoms with Gasteiger partial charge in [0.25, 0.3) is 0 Å². The molecule has 98 valence electrons. The normalized spacial score (nSPS) is 16.2. The number of likely N-dealkylation sites (N-methyl/N-ethyl adjacent to an activating group) is 1. The van der Waals surface area contributed by atoms with Crippen LogP contribution < -0.4 is 5.73 Å². The van der Waals surface area contributed by atoms with Crippen molar-refractivity contribution in [1.82, 2.24) is 4.90 Å². The first-order valence-corrected chi connectivity index (χ1v) is 6.64. The van der Waals surface area contributed by atoms with Crippen molar-refractivity contribution >= 4 is 27.3 Å². The molecule has 7 heteroatoms. The van der Waals surface area contributed by atoms with Crippen LogP contribution in [0.2, 0.25) is 0 Å². The zero-order valence-electron chi connectivity index (χ0n) is 9.46. The van der Waals surface area contributed by atoms with E-state index in [1.165, 1.54) is 30.2 Å². The standard InChI is InChI=1S/C10H14BrF3N2S/c1-6(15)9(10(12,13)14)16(2)4-8-3-7(11)5-17-8/h3,5-6,9H,4,15H2,1-2H3. The van der Waals surface area contributed by atoms with Gasteiger partial charge in [-0.15, -0.1) is 11.3 Å². The van der Waals surface area contributed by atoms with Gasteiger partial charge in [0.15, 0.2) is 0 Å². The molecule has 17 heavy (non-hydrogen) atoms. The van der Waals surface area contributed by atoms with Gasteiger partial charge in [0.2, 0.25) is 0 Å². The van der Waals surface area contributed by atoms with Crippen molar-refractivity contribution in [1.29, 1.82) is 0 Å². The number of thiophene rings is 1. The van der Waals surface area contributed by atoms with E-state index in [4.69, 9.17) is 5.73 Å². The van der Waals surface area contributed by atoms with Crippen LogP contribution in [0.3, 0.4) is 0 Å². The number of alkyl halides is 3. The molecule has 0 aliphatic rings. The maximum Gasteiger partial charge on any atom is 0.405 e. The third-order valence-corrected chi connectivity index (χ3v) is 4.02. The molecule has 0 fully saturated rings. The topological polar surface area (TPSA) is 29.3 Å². The van der Waals surface area contributed by atoms with Crippen LogP contribution in [-0.2, 0) is 6.54 Å². The van der Waals surface area contributed by atoms with Crippen molar-refractivity contribution in [3.63, 3.8) is 0 Å². The highest BCUT2D eigenvalue weighted by Gasteiger charge is 2.44. The minimum Gasteiger partial charge on any atom is -0.326 e. The highest BCUT2D eigenvalue weighted by molar-refractivity contribution is 9.10. The second kappa shape index (κ2) is 5.69. The summed E-state index contributed by atoms with van der Waals surface area (Å²) in [7, 11) is 1.44. The van der Waals surface area contributed by atoms with Crippen LogP contribution in [0.15, 0.2) is 15.9 Å². The van der Waals surface area contributed by atoms with E-state index in [0.717, 1.165) is 9.35 Å². The average Bonchev–Trinajstić information content (AvgIpc) is 2.46. The number of rotatable bonds is 4. The van der Waals surface area contributed by atoms with E-state index in [-0.39, 0.29) is 6.54 Å². The lowest BCUT2D eigenvalue weighted by atomic mass is 10.1. The maximum atomic E-state index is 12.8. The van der Waals surface area contributed by atoms with Gasteiger partial charge in [-0.3, -0.25) is 4.90 Å². The molecule has 2 nitrogen and oxygen atoms in total. The fourth-order valence-corrected chi connectivity index (χ4v) is 3.24. The van der Waals surface area contributed by atoms with E-state index in [2.05, 4.69) is 15.9 Å². The molecule has 0 aromatic carbocycles. The first kappa shape index (κ1) is 14.9. The molecule has 1 aromatic rings. The van der Waals surface area contributed by atoms with Gasteiger partial charge in [-0.05, 0) is 36.0 Å². The molecule has 1 heterocycles. The highest BCUT2D eigenvalue weighted by Crippen LogP contribution is 2.28. The van der Waals surface area contributed by atoms with E-state index >= 15 is 0 Å². The quantitative estimate of drug-likeness (QED) is 0.918. The molecular formula is C10H14BrF3N2S. The van der Waals surface area contributed by atoms with E-state index in [1.54, 1.807) is 0 Å². The van der Waals surface area contributed by atoms with Crippen molar-refractivity contribution in [2.75, 3.05) is 7.05 Å². The molecule has 0 bridgehead atoms. The second-order valence-corrected chi connectivity index (χ2v) is 5.90. The summed E-state index contributed by atoms with van der Waals surface area (Å²) in [4.78, 5) is 2.11. The molecule has 0 aliphatic heterocycles. The summed E-state index contributed by atoms with van der Waals surface area (Å²) in [5.41, 5.74) is 5.42. The Morgan fingerprint density at radius 3 is 2.47 bits per heavy atom. The Kier molecular flexibility index (Phi) is 5.00. The summed E-state index contributed by atoms with van der Waals surface area (Å²) in [5.74, 6) is 0. The number of nitrogens with two attached hydrogens (primary N) is 1. The Hall–Kier alpha value is -0.110. The van der Waals surface area contributed by atoms with Crippen LogP contribution in [0, 0.1) is 0 Å². The Morgan fingerprint density at radius 1 is 1.53 bits per heavy atom. The molecule has 2 atom stereocenters. The minimum absolute atomic E-state index is 0.238. The van der Waals surface area contributed by atoms with Gasteiger partial charge < -0.3 is 5.73 Å². The third kappa shape index (κ3) is 4.24. The van der Waals surface area contributed by atoms with Crippen molar-refractivity contribution in [2.24, 2.45) is 5.73 Å². The van der Waals surface area contributed by atoms with Crippen molar-refractivity contribution in [3.05, 3.63) is 20.8 Å². The van der Waals surface area contributed by atoms with Gasteiger partial charge in [0, 0.05) is 27.3 Å². The predicted octanol–water partition coefficient (Wildman–Crippen LogP) is 3.22. The van der Waals surface area contributed by atoms with Crippen molar-refractivity contribution in [3.8, 4) is 0 Å². The first-order chi connectivity index (χ1) is 7.71. The second-order valence-electron chi connectivity index (χ2n) is 3.99. The number of hydrogen-bond donors (Lipinski definition) is 1. The van der Waals surface area contributed by atoms with Crippen molar-refractivity contribution in [2.45, 2.75) is 31.7 Å². The van der Waals surface area contributed by atoms with Gasteiger partial charge in [0.05, 0.1) is 0 Å². The molecule has 0 radical (unpaired) electrons. The molecule has 0 amide bonds. The zero-order valence-corrected chi connectivity index (χ0v) is 11.9. The Balaban J connectivity index is 2.76. The van der Waals surface area contributed by atoms with Crippen LogP contribution in [0.25, 0.3) is 0 Å². The lowest BCUT2D eigenvalue weighted by Gasteiger charge is -2.32. The van der Waals surface area contributed by atoms with Gasteiger partial charge in [-0.2, -0.15) is 13.2 Å². The third-order valence-electron chi connectivity index (χ3n) is 2.34. The largest absolute Gasteiger partial charge is 0.405 e. The average molecular weight is 331 g/mol. The summed E-state index contributed by atoms with van der Waals surface area (Å²) in [6.45, 7) is 1.61. The van der Waals surface area contributed by atoms with E-state index in [9.17, 15) is 13.2 Å². The van der Waals surface area contributed by atoms with Gasteiger partial charge in [0.1, 0.15) is 6.04 Å². The molecule has 0 aliphatic carbocycles. The van der Waals surface area contributed by atoms with Gasteiger partial charge in [-0.25, -0.2) is 0 Å². The first-order valence-electron chi connectivity index (χ1n) is 4.97. The molecule has 0 saturated carbocycles. The summed E-state index contributed by atoms with van der Waals surface area (Å²) < 4.78 is 39.3. The molecule has 2 N–H and O–H groups in total. The van der Waals surface area contributed by atoms with E-state index in [1.807, 2.05) is 11.4 Å². The molecule has 1 aromatic heterocycles. The Bertz CT molecular complexity index is 365. The maximum absolute atomic E-state index is 12.8. The minimum atomic E-state index is -4.31. The molecule has 1 rings (SSSR count). The lowest BCUT2D eigenvalue weighted by Crippen LogP contribution is -2.53. The zero-order chi connectivity index (χ0) is 13.2. The van der Waals surface area contributed by atoms with E-state index in [0.29, 0.717) is 0 Å².